The molecule has 1 N–H and O–H groups in total. The summed E-state index contributed by atoms with van der Waals surface area (Å²) in [5.74, 6) is -0.161. The molecule has 1 aromatic heterocycles. The second kappa shape index (κ2) is 7.02. The number of nitrogens with one attached hydrogen (secondary N) is 1. The number of morpholine rings is 1. The Balaban J connectivity index is 1.52. The Labute approximate surface area is 151 Å². The highest BCUT2D eigenvalue weighted by Crippen LogP contribution is 2.26. The van der Waals surface area contributed by atoms with Crippen molar-refractivity contribution in [2.75, 3.05) is 19.7 Å². The van der Waals surface area contributed by atoms with Crippen molar-refractivity contribution in [3.63, 3.8) is 0 Å². The third-order valence-electron chi connectivity index (χ3n) is 5.12. The predicted octanol–water partition coefficient (Wildman–Crippen LogP) is 3.95. The Hall–Kier alpha value is -2.50. The van der Waals surface area contributed by atoms with Crippen molar-refractivity contribution in [2.24, 2.45) is 0 Å². The molecule has 0 saturated carbocycles. The van der Waals surface area contributed by atoms with E-state index < -0.39 is 0 Å². The lowest BCUT2D eigenvalue weighted by Gasteiger charge is -2.36. The van der Waals surface area contributed by atoms with Gasteiger partial charge in [-0.3, -0.25) is 9.69 Å². The molecule has 1 aliphatic rings. The highest BCUT2D eigenvalue weighted by molar-refractivity contribution is 6.10. The molecule has 0 amide bonds. The summed E-state index contributed by atoms with van der Waals surface area (Å²) < 4.78 is 19.0. The zero-order valence-electron chi connectivity index (χ0n) is 14.6. The predicted molar refractivity (Wildman–Crippen MR) is 98.8 cm³/mol. The largest absolute Gasteiger partial charge is 0.371 e. The van der Waals surface area contributed by atoms with E-state index in [1.54, 1.807) is 18.3 Å². The van der Waals surface area contributed by atoms with Gasteiger partial charge in [0.1, 0.15) is 5.82 Å². The van der Waals surface area contributed by atoms with Crippen LogP contribution in [-0.4, -0.2) is 41.4 Å². The summed E-state index contributed by atoms with van der Waals surface area (Å²) in [5, 5.41) is 0.952. The number of hydrogen-bond acceptors (Lipinski definition) is 3. The number of benzene rings is 2. The molecular weight excluding hydrogens is 331 g/mol. The normalized spacial score (nSPS) is 19.5. The van der Waals surface area contributed by atoms with Crippen molar-refractivity contribution < 1.29 is 13.9 Å². The number of hydrogen-bond donors (Lipinski definition) is 1. The van der Waals surface area contributed by atoms with Crippen molar-refractivity contribution in [1.29, 1.82) is 0 Å². The molecular formula is C21H21FN2O2. The Bertz CT molecular complexity index is 919. The third-order valence-corrected chi connectivity index (χ3v) is 5.12. The monoisotopic (exact) mass is 352 g/mol. The van der Waals surface area contributed by atoms with Crippen molar-refractivity contribution in [2.45, 2.75) is 19.1 Å². The number of ketones is 1. The molecule has 2 aromatic carbocycles. The second-order valence-corrected chi connectivity index (χ2v) is 6.69. The maximum Gasteiger partial charge on any atom is 0.181 e. The van der Waals surface area contributed by atoms with Crippen LogP contribution in [0, 0.1) is 5.82 Å². The van der Waals surface area contributed by atoms with Crippen LogP contribution in [0.1, 0.15) is 28.9 Å². The number of rotatable bonds is 4. The van der Waals surface area contributed by atoms with Crippen molar-refractivity contribution in [1.82, 2.24) is 9.88 Å². The minimum atomic E-state index is -0.260. The minimum absolute atomic E-state index is 0.0993. The number of carbonyl (C=O) groups is 1. The van der Waals surface area contributed by atoms with Crippen LogP contribution >= 0.6 is 0 Å². The van der Waals surface area contributed by atoms with E-state index in [0.29, 0.717) is 19.7 Å². The summed E-state index contributed by atoms with van der Waals surface area (Å²) >= 11 is 0. The van der Waals surface area contributed by atoms with Gasteiger partial charge >= 0.3 is 0 Å². The van der Waals surface area contributed by atoms with E-state index in [2.05, 4.69) is 9.88 Å². The molecule has 26 heavy (non-hydrogen) atoms. The molecule has 0 aliphatic carbocycles. The molecule has 1 aliphatic heterocycles. The molecule has 4 nitrogen and oxygen atoms in total. The van der Waals surface area contributed by atoms with Gasteiger partial charge in [-0.2, -0.15) is 0 Å². The molecule has 4 rings (SSSR count). The first-order chi connectivity index (χ1) is 12.6. The number of carbonyl (C=O) groups excluding carboxylic acids is 1. The fourth-order valence-corrected chi connectivity index (χ4v) is 3.57. The van der Waals surface area contributed by atoms with Gasteiger partial charge in [0.2, 0.25) is 0 Å². The van der Waals surface area contributed by atoms with Gasteiger partial charge in [-0.1, -0.05) is 30.3 Å². The average Bonchev–Trinajstić information content (AvgIpc) is 3.11. The molecule has 0 spiro atoms. The quantitative estimate of drug-likeness (QED) is 0.723. The summed E-state index contributed by atoms with van der Waals surface area (Å²) in [6.45, 7) is 3.80. The lowest BCUT2D eigenvalue weighted by atomic mass is 10.0. The van der Waals surface area contributed by atoms with E-state index in [9.17, 15) is 9.18 Å². The summed E-state index contributed by atoms with van der Waals surface area (Å²) in [5.41, 5.74) is 2.62. The van der Waals surface area contributed by atoms with Crippen LogP contribution in [0.3, 0.4) is 0 Å². The first-order valence-electron chi connectivity index (χ1n) is 8.85. The maximum absolute atomic E-state index is 13.2. The topological polar surface area (TPSA) is 45.3 Å². The van der Waals surface area contributed by atoms with Crippen molar-refractivity contribution in [3.05, 3.63) is 71.7 Å². The Morgan fingerprint density at radius 1 is 1.23 bits per heavy atom. The summed E-state index contributed by atoms with van der Waals surface area (Å²) in [6, 6.07) is 14.0. The van der Waals surface area contributed by atoms with E-state index in [1.165, 1.54) is 12.1 Å². The van der Waals surface area contributed by atoms with Crippen LogP contribution < -0.4 is 0 Å². The lowest BCUT2D eigenvalue weighted by molar-refractivity contribution is -0.0387. The van der Waals surface area contributed by atoms with Gasteiger partial charge in [-0.15, -0.1) is 0 Å². The lowest BCUT2D eigenvalue weighted by Crippen LogP contribution is -2.46. The van der Waals surface area contributed by atoms with Gasteiger partial charge in [0.15, 0.2) is 5.78 Å². The van der Waals surface area contributed by atoms with Crippen molar-refractivity contribution in [3.8, 4) is 0 Å². The Kier molecular flexibility index (Phi) is 4.57. The molecule has 134 valence electrons. The number of fused-ring (bicyclic) bond motifs is 1. The molecule has 2 heterocycles. The van der Waals surface area contributed by atoms with Crippen LogP contribution in [0.4, 0.5) is 4.39 Å². The van der Waals surface area contributed by atoms with Gasteiger partial charge in [-0.25, -0.2) is 4.39 Å². The highest BCUT2D eigenvalue weighted by Gasteiger charge is 2.30. The fraction of sp³-hybridized carbons (Fsp3) is 0.286. The zero-order chi connectivity index (χ0) is 18.1. The van der Waals surface area contributed by atoms with Crippen LogP contribution in [-0.2, 0) is 4.74 Å². The minimum Gasteiger partial charge on any atom is -0.371 e. The molecule has 5 heteroatoms. The van der Waals surface area contributed by atoms with Gasteiger partial charge < -0.3 is 9.72 Å². The van der Waals surface area contributed by atoms with Crippen LogP contribution in [0.2, 0.25) is 0 Å². The van der Waals surface area contributed by atoms with E-state index in [-0.39, 0.29) is 23.7 Å². The van der Waals surface area contributed by atoms with Crippen LogP contribution in [0.25, 0.3) is 10.9 Å². The SMILES string of the molecule is C[C@@H](C(=O)c1c[nH]c2ccccc12)N1CCO[C@@H](c2ccc(F)cc2)C1. The zero-order valence-corrected chi connectivity index (χ0v) is 14.6. The Morgan fingerprint density at radius 3 is 2.81 bits per heavy atom. The van der Waals surface area contributed by atoms with E-state index >= 15 is 0 Å². The van der Waals surface area contributed by atoms with E-state index in [4.69, 9.17) is 4.74 Å². The van der Waals surface area contributed by atoms with Gasteiger partial charge in [0, 0.05) is 35.8 Å². The molecule has 1 saturated heterocycles. The standard InChI is InChI=1S/C21H21FN2O2/c1-14(21(25)18-12-23-19-5-3-2-4-17(18)19)24-10-11-26-20(13-24)15-6-8-16(22)9-7-15/h2-9,12,14,20,23H,10-11,13H2,1H3/t14-,20+/m0/s1. The number of aromatic nitrogens is 1. The molecule has 3 aromatic rings. The van der Waals surface area contributed by atoms with Gasteiger partial charge in [0.25, 0.3) is 0 Å². The molecule has 1 fully saturated rings. The second-order valence-electron chi connectivity index (χ2n) is 6.69. The van der Waals surface area contributed by atoms with Gasteiger partial charge in [0.05, 0.1) is 18.8 Å². The number of para-hydroxylation sites is 1. The van der Waals surface area contributed by atoms with E-state index in [0.717, 1.165) is 22.0 Å². The molecule has 0 radical (unpaired) electrons. The first kappa shape index (κ1) is 16.9. The number of H-pyrrole nitrogens is 1. The van der Waals surface area contributed by atoms with Crippen molar-refractivity contribution >= 4 is 16.7 Å². The Morgan fingerprint density at radius 2 is 2.00 bits per heavy atom. The number of nitrogens with zero attached hydrogens (tertiary/aromatic N) is 1. The fourth-order valence-electron chi connectivity index (χ4n) is 3.57. The van der Waals surface area contributed by atoms with Crippen LogP contribution in [0.15, 0.2) is 54.7 Å². The number of ether oxygens (including phenoxy) is 1. The van der Waals surface area contributed by atoms with E-state index in [1.807, 2.05) is 31.2 Å². The molecule has 0 unspecified atom stereocenters. The third kappa shape index (κ3) is 3.16. The van der Waals surface area contributed by atoms with Crippen LogP contribution in [0.5, 0.6) is 0 Å². The summed E-state index contributed by atoms with van der Waals surface area (Å²) in [4.78, 5) is 18.4. The molecule has 2 atom stereocenters. The number of aromatic amines is 1. The summed E-state index contributed by atoms with van der Waals surface area (Å²) in [7, 11) is 0. The first-order valence-corrected chi connectivity index (χ1v) is 8.85. The average molecular weight is 352 g/mol. The smallest absolute Gasteiger partial charge is 0.181 e. The summed E-state index contributed by atoms with van der Waals surface area (Å²) in [6.07, 6.45) is 1.64. The maximum atomic E-state index is 13.2. The van der Waals surface area contributed by atoms with Gasteiger partial charge in [-0.05, 0) is 30.7 Å². The molecule has 0 bridgehead atoms. The highest BCUT2D eigenvalue weighted by atomic mass is 19.1. The number of halogens is 1. The number of Topliss-reactive ketones (excluding diaryl/α,β-unsaturated/α-hetero) is 1.